The van der Waals surface area contributed by atoms with Gasteiger partial charge in [0.1, 0.15) is 0 Å². The SMILES string of the molecule is CC(C)C(N)CNC(=O)CCC1CCCCO1. The van der Waals surface area contributed by atoms with Crippen LogP contribution in [0.1, 0.15) is 46.0 Å². The zero-order valence-corrected chi connectivity index (χ0v) is 11.1. The zero-order valence-electron chi connectivity index (χ0n) is 11.1. The molecule has 1 amide bonds. The smallest absolute Gasteiger partial charge is 0.220 e. The van der Waals surface area contributed by atoms with E-state index in [1.165, 1.54) is 6.42 Å². The van der Waals surface area contributed by atoms with E-state index in [1.54, 1.807) is 0 Å². The van der Waals surface area contributed by atoms with Gasteiger partial charge in [0.15, 0.2) is 0 Å². The monoisotopic (exact) mass is 242 g/mol. The summed E-state index contributed by atoms with van der Waals surface area (Å²) in [5.41, 5.74) is 5.86. The molecule has 17 heavy (non-hydrogen) atoms. The lowest BCUT2D eigenvalue weighted by atomic mass is 10.0. The van der Waals surface area contributed by atoms with Crippen LogP contribution in [0.25, 0.3) is 0 Å². The van der Waals surface area contributed by atoms with E-state index in [1.807, 2.05) is 0 Å². The van der Waals surface area contributed by atoms with Gasteiger partial charge in [-0.25, -0.2) is 0 Å². The second-order valence-electron chi connectivity index (χ2n) is 5.24. The fourth-order valence-electron chi connectivity index (χ4n) is 1.88. The number of rotatable bonds is 6. The first-order valence-corrected chi connectivity index (χ1v) is 6.73. The number of amides is 1. The molecule has 100 valence electrons. The highest BCUT2D eigenvalue weighted by Gasteiger charge is 2.15. The van der Waals surface area contributed by atoms with Gasteiger partial charge in [0.25, 0.3) is 0 Å². The lowest BCUT2D eigenvalue weighted by Crippen LogP contribution is -2.40. The van der Waals surface area contributed by atoms with E-state index in [9.17, 15) is 4.79 Å². The van der Waals surface area contributed by atoms with Crippen LogP contribution in [0.15, 0.2) is 0 Å². The van der Waals surface area contributed by atoms with E-state index >= 15 is 0 Å². The molecule has 0 aromatic carbocycles. The van der Waals surface area contributed by atoms with Crippen molar-refractivity contribution in [3.05, 3.63) is 0 Å². The van der Waals surface area contributed by atoms with Gasteiger partial charge < -0.3 is 15.8 Å². The van der Waals surface area contributed by atoms with Gasteiger partial charge in [-0.2, -0.15) is 0 Å². The van der Waals surface area contributed by atoms with Crippen LogP contribution in [-0.2, 0) is 9.53 Å². The van der Waals surface area contributed by atoms with Crippen molar-refractivity contribution < 1.29 is 9.53 Å². The summed E-state index contributed by atoms with van der Waals surface area (Å²) in [5, 5.41) is 2.88. The summed E-state index contributed by atoms with van der Waals surface area (Å²) in [7, 11) is 0. The second kappa shape index (κ2) is 7.67. The molecule has 0 radical (unpaired) electrons. The summed E-state index contributed by atoms with van der Waals surface area (Å²) in [6.07, 6.45) is 5.15. The molecule has 1 aliphatic rings. The molecule has 0 bridgehead atoms. The van der Waals surface area contributed by atoms with Crippen molar-refractivity contribution in [1.82, 2.24) is 5.32 Å². The summed E-state index contributed by atoms with van der Waals surface area (Å²) >= 11 is 0. The highest BCUT2D eigenvalue weighted by molar-refractivity contribution is 5.75. The van der Waals surface area contributed by atoms with Crippen molar-refractivity contribution in [2.75, 3.05) is 13.2 Å². The van der Waals surface area contributed by atoms with Gasteiger partial charge in [0.2, 0.25) is 5.91 Å². The highest BCUT2D eigenvalue weighted by atomic mass is 16.5. The van der Waals surface area contributed by atoms with Crippen molar-refractivity contribution in [3.63, 3.8) is 0 Å². The third-order valence-corrected chi connectivity index (χ3v) is 3.36. The molecule has 1 aliphatic heterocycles. The average molecular weight is 242 g/mol. The average Bonchev–Trinajstić information content (AvgIpc) is 2.34. The van der Waals surface area contributed by atoms with Crippen LogP contribution in [0.5, 0.6) is 0 Å². The molecule has 0 aromatic rings. The maximum Gasteiger partial charge on any atom is 0.220 e. The Bertz CT molecular complexity index is 225. The van der Waals surface area contributed by atoms with Gasteiger partial charge in [-0.3, -0.25) is 4.79 Å². The number of hydrogen-bond donors (Lipinski definition) is 2. The Hall–Kier alpha value is -0.610. The van der Waals surface area contributed by atoms with Crippen LogP contribution >= 0.6 is 0 Å². The van der Waals surface area contributed by atoms with Crippen molar-refractivity contribution in [2.45, 2.75) is 58.1 Å². The number of hydrogen-bond acceptors (Lipinski definition) is 3. The van der Waals surface area contributed by atoms with Gasteiger partial charge in [0.05, 0.1) is 6.10 Å². The topological polar surface area (TPSA) is 64.3 Å². The Morgan fingerprint density at radius 1 is 1.47 bits per heavy atom. The first-order chi connectivity index (χ1) is 8.09. The van der Waals surface area contributed by atoms with Crippen LogP contribution < -0.4 is 11.1 Å². The summed E-state index contributed by atoms with van der Waals surface area (Å²) in [6.45, 7) is 5.55. The minimum absolute atomic E-state index is 0.0462. The summed E-state index contributed by atoms with van der Waals surface area (Å²) in [5.74, 6) is 0.493. The maximum absolute atomic E-state index is 11.6. The zero-order chi connectivity index (χ0) is 12.7. The lowest BCUT2D eigenvalue weighted by molar-refractivity contribution is -0.122. The maximum atomic E-state index is 11.6. The van der Waals surface area contributed by atoms with E-state index < -0.39 is 0 Å². The number of ether oxygens (including phenoxy) is 1. The molecule has 0 aromatic heterocycles. The van der Waals surface area contributed by atoms with Gasteiger partial charge in [-0.15, -0.1) is 0 Å². The molecule has 2 atom stereocenters. The Labute approximate surface area is 104 Å². The molecule has 1 fully saturated rings. The Morgan fingerprint density at radius 2 is 2.24 bits per heavy atom. The van der Waals surface area contributed by atoms with Crippen molar-refractivity contribution in [2.24, 2.45) is 11.7 Å². The third-order valence-electron chi connectivity index (χ3n) is 3.36. The van der Waals surface area contributed by atoms with Crippen LogP contribution in [0.4, 0.5) is 0 Å². The van der Waals surface area contributed by atoms with Gasteiger partial charge in [0, 0.05) is 25.6 Å². The predicted molar refractivity (Wildman–Crippen MR) is 68.6 cm³/mol. The Kier molecular flexibility index (Phi) is 6.52. The number of carbonyl (C=O) groups is 1. The standard InChI is InChI=1S/C13H26N2O2/c1-10(2)12(14)9-15-13(16)7-6-11-5-3-4-8-17-11/h10-12H,3-9,14H2,1-2H3,(H,15,16). The van der Waals surface area contributed by atoms with Gasteiger partial charge in [-0.05, 0) is 31.6 Å². The minimum atomic E-state index is 0.0462. The first-order valence-electron chi connectivity index (χ1n) is 6.73. The number of carbonyl (C=O) groups excluding carboxylic acids is 1. The first kappa shape index (κ1) is 14.5. The molecular weight excluding hydrogens is 216 g/mol. The van der Waals surface area contributed by atoms with Crippen LogP contribution in [0.2, 0.25) is 0 Å². The summed E-state index contributed by atoms with van der Waals surface area (Å²) < 4.78 is 5.59. The minimum Gasteiger partial charge on any atom is -0.378 e. The molecule has 0 saturated carbocycles. The van der Waals surface area contributed by atoms with Gasteiger partial charge in [-0.1, -0.05) is 13.8 Å². The van der Waals surface area contributed by atoms with Crippen LogP contribution in [0.3, 0.4) is 0 Å². The molecule has 4 nitrogen and oxygen atoms in total. The summed E-state index contributed by atoms with van der Waals surface area (Å²) in [6, 6.07) is 0.0462. The molecule has 1 saturated heterocycles. The van der Waals surface area contributed by atoms with E-state index in [0.717, 1.165) is 25.9 Å². The van der Waals surface area contributed by atoms with Crippen molar-refractivity contribution in [3.8, 4) is 0 Å². The van der Waals surface area contributed by atoms with Crippen LogP contribution in [-0.4, -0.2) is 31.2 Å². The second-order valence-corrected chi connectivity index (χ2v) is 5.24. The molecule has 3 N–H and O–H groups in total. The van der Waals surface area contributed by atoms with Crippen molar-refractivity contribution >= 4 is 5.91 Å². The third kappa shape index (κ3) is 6.03. The van der Waals surface area contributed by atoms with E-state index in [2.05, 4.69) is 19.2 Å². The van der Waals surface area contributed by atoms with Crippen LogP contribution in [0, 0.1) is 5.92 Å². The Balaban J connectivity index is 2.08. The van der Waals surface area contributed by atoms with E-state index in [4.69, 9.17) is 10.5 Å². The molecule has 0 aliphatic carbocycles. The highest BCUT2D eigenvalue weighted by Crippen LogP contribution is 2.16. The lowest BCUT2D eigenvalue weighted by Gasteiger charge is -2.22. The van der Waals surface area contributed by atoms with Crippen molar-refractivity contribution in [1.29, 1.82) is 0 Å². The Morgan fingerprint density at radius 3 is 2.82 bits per heavy atom. The molecule has 2 unspecified atom stereocenters. The predicted octanol–water partition coefficient (Wildman–Crippen LogP) is 1.44. The number of nitrogens with one attached hydrogen (secondary N) is 1. The molecule has 1 rings (SSSR count). The van der Waals surface area contributed by atoms with Gasteiger partial charge >= 0.3 is 0 Å². The summed E-state index contributed by atoms with van der Waals surface area (Å²) in [4.78, 5) is 11.6. The molecule has 4 heteroatoms. The van der Waals surface area contributed by atoms with E-state index in [-0.39, 0.29) is 18.1 Å². The fraction of sp³-hybridized carbons (Fsp3) is 0.923. The molecule has 1 heterocycles. The van der Waals surface area contributed by atoms with E-state index in [0.29, 0.717) is 18.9 Å². The quantitative estimate of drug-likeness (QED) is 0.740. The normalized spacial score (nSPS) is 22.5. The largest absolute Gasteiger partial charge is 0.378 e. The fourth-order valence-corrected chi connectivity index (χ4v) is 1.88. The number of nitrogens with two attached hydrogens (primary N) is 1. The molecule has 0 spiro atoms. The molecular formula is C13H26N2O2.